The van der Waals surface area contributed by atoms with E-state index in [0.29, 0.717) is 48.5 Å². The van der Waals surface area contributed by atoms with E-state index in [1.807, 2.05) is 0 Å². The average molecular weight is 1020 g/mol. The van der Waals surface area contributed by atoms with E-state index in [1.165, 1.54) is 0 Å². The molecule has 0 aromatic heterocycles. The number of rotatable bonds is 16. The fraction of sp³-hybridized carbons (Fsp3) is 0.0667. The quantitative estimate of drug-likeness (QED) is 0.0277. The Morgan fingerprint density at radius 2 is 1.11 bits per heavy atom. The van der Waals surface area contributed by atoms with E-state index in [9.17, 15) is 96.4 Å². The van der Waals surface area contributed by atoms with E-state index >= 15 is 0 Å². The maximum atomic E-state index is 12.7. The Labute approximate surface area is 366 Å². The van der Waals surface area contributed by atoms with Crippen LogP contribution in [-0.2, 0) is 54.8 Å². The Bertz CT molecular complexity index is 3580. The van der Waals surface area contributed by atoms with Crippen LogP contribution in [0, 0.1) is 20.2 Å². The zero-order valence-corrected chi connectivity index (χ0v) is 35.6. The van der Waals surface area contributed by atoms with Gasteiger partial charge in [-0.05, 0) is 53.9 Å². The third-order valence-corrected chi connectivity index (χ3v) is 12.9. The summed E-state index contributed by atoms with van der Waals surface area (Å²) in [6.07, 6.45) is 0. The number of phenolic OH excluding ortho intramolecular Hbond substituents is 4. The molecule has 350 valence electrons. The van der Waals surface area contributed by atoms with Crippen molar-refractivity contribution in [3.8, 4) is 23.0 Å². The van der Waals surface area contributed by atoms with Crippen molar-refractivity contribution in [3.05, 3.63) is 80.9 Å². The van der Waals surface area contributed by atoms with Crippen LogP contribution in [0.5, 0.6) is 23.0 Å². The molecule has 8 N–H and O–H groups in total. The largest absolute Gasteiger partial charge is 0.505 e. The van der Waals surface area contributed by atoms with Gasteiger partial charge in [-0.1, -0.05) is 0 Å². The first-order valence-electron chi connectivity index (χ1n) is 16.5. The molecule has 0 aliphatic heterocycles. The third-order valence-electron chi connectivity index (χ3n) is 8.18. The molecule has 5 aromatic rings. The van der Waals surface area contributed by atoms with Crippen LogP contribution in [0.25, 0.3) is 10.8 Å². The predicted molar refractivity (Wildman–Crippen MR) is 215 cm³/mol. The summed E-state index contributed by atoms with van der Waals surface area (Å²) in [5.41, 5.74) is -7.79. The number of sulfone groups is 1. The molecule has 66 heavy (non-hydrogen) atoms. The minimum atomic E-state index is -5.57. The van der Waals surface area contributed by atoms with Gasteiger partial charge in [-0.15, -0.1) is 30.7 Å². The molecule has 0 saturated heterocycles. The van der Waals surface area contributed by atoms with Crippen LogP contribution >= 0.6 is 0 Å². The molecule has 36 heteroatoms. The molecule has 0 saturated carbocycles. The highest BCUT2D eigenvalue weighted by molar-refractivity contribution is 7.91. The fourth-order valence-corrected chi connectivity index (χ4v) is 8.70. The van der Waals surface area contributed by atoms with E-state index in [-0.39, 0.29) is 0 Å². The van der Waals surface area contributed by atoms with Crippen LogP contribution in [0.3, 0.4) is 0 Å². The first-order valence-corrected chi connectivity index (χ1v) is 23.8. The molecular formula is C30H22N8O23S5. The molecule has 0 atom stereocenters. The topological polar surface area (TPSA) is 502 Å². The van der Waals surface area contributed by atoms with Gasteiger partial charge in [-0.3, -0.25) is 38.4 Å². The lowest BCUT2D eigenvalue weighted by Gasteiger charge is -2.12. The molecular weight excluding hydrogens is 1000 g/mol. The Morgan fingerprint density at radius 1 is 0.530 bits per heavy atom. The van der Waals surface area contributed by atoms with Crippen LogP contribution in [0.1, 0.15) is 0 Å². The maximum absolute atomic E-state index is 12.7. The summed E-state index contributed by atoms with van der Waals surface area (Å²) in [6, 6.07) is 5.52. The van der Waals surface area contributed by atoms with Crippen molar-refractivity contribution in [2.45, 2.75) is 19.6 Å². The van der Waals surface area contributed by atoms with Gasteiger partial charge in [-0.2, -0.15) is 33.7 Å². The second kappa shape index (κ2) is 17.9. The van der Waals surface area contributed by atoms with Gasteiger partial charge < -0.3 is 20.4 Å². The first-order chi connectivity index (χ1) is 30.3. The molecule has 0 bridgehead atoms. The van der Waals surface area contributed by atoms with Crippen molar-refractivity contribution >= 4 is 107 Å². The summed E-state index contributed by atoms with van der Waals surface area (Å²) >= 11 is 0. The summed E-state index contributed by atoms with van der Waals surface area (Å²) in [5, 5.41) is 85.2. The zero-order valence-electron chi connectivity index (χ0n) is 31.5. The number of hydrogen-bond acceptors (Lipinski definition) is 25. The lowest BCUT2D eigenvalue weighted by Crippen LogP contribution is -2.16. The van der Waals surface area contributed by atoms with Crippen LogP contribution in [0.2, 0.25) is 0 Å². The van der Waals surface area contributed by atoms with Crippen LogP contribution in [0.15, 0.2) is 111 Å². The number of nitro benzene ring substituents is 2. The number of non-ortho nitro benzene ring substituents is 1. The highest BCUT2D eigenvalue weighted by Crippen LogP contribution is 2.49. The SMILES string of the molecule is O=[N+]([O-])c1cc(N=Nc2c(O)ccc(N=Nc3cc(S(=O)(=O)O)cc4cc(S(=O)(=O)O)c(N=Nc5ccc(S(=O)(=O)CCOS(=O)(=O)O)cc5S(=O)(=O)O)c(O)c34)c2O)c(O)c([N+](=O)[O-])c1. The normalized spacial score (nSPS) is 13.0. The summed E-state index contributed by atoms with van der Waals surface area (Å²) in [5.74, 6) is -5.84. The van der Waals surface area contributed by atoms with Gasteiger partial charge in [0, 0.05) is 6.07 Å². The molecule has 31 nitrogen and oxygen atoms in total. The van der Waals surface area contributed by atoms with Gasteiger partial charge in [0.15, 0.2) is 27.0 Å². The molecule has 0 spiro atoms. The molecule has 0 unspecified atom stereocenters. The van der Waals surface area contributed by atoms with Crippen molar-refractivity contribution in [3.63, 3.8) is 0 Å². The van der Waals surface area contributed by atoms with Crippen molar-refractivity contribution < 1.29 is 94.8 Å². The highest BCUT2D eigenvalue weighted by Gasteiger charge is 2.28. The van der Waals surface area contributed by atoms with E-state index in [1.54, 1.807) is 0 Å². The standard InChI is InChI=1S/C30H22N8O23S5/c39-22-4-3-18(29(41)26(22)35-34-20-9-14(37(43)44)10-21(28(20)40)38(45)46)32-33-19-11-16(63(49,50)51)7-13-8-24(65(55,56)57)27(30(42)25(13)19)36-31-17-2-1-15(12-23(17)64(52,53)54)62(47,48)6-5-61-66(58,59)60/h1-4,7-12,39-42H,5-6H2,(H,49,50,51)(H,52,53,54)(H,55,56,57)(H,58,59,60). The van der Waals surface area contributed by atoms with Crippen molar-refractivity contribution in [2.24, 2.45) is 30.7 Å². The molecule has 5 aromatic carbocycles. The fourth-order valence-electron chi connectivity index (χ4n) is 5.27. The van der Waals surface area contributed by atoms with E-state index in [4.69, 9.17) is 4.55 Å². The number of phenols is 4. The van der Waals surface area contributed by atoms with Crippen LogP contribution in [-0.4, -0.2) is 103 Å². The molecule has 0 fully saturated rings. The lowest BCUT2D eigenvalue weighted by atomic mass is 10.1. The first kappa shape index (κ1) is 49.7. The summed E-state index contributed by atoms with van der Waals surface area (Å²) in [7, 11) is -26.1. The van der Waals surface area contributed by atoms with Gasteiger partial charge >= 0.3 is 16.1 Å². The average Bonchev–Trinajstić information content (AvgIpc) is 3.18. The Morgan fingerprint density at radius 3 is 1.68 bits per heavy atom. The molecule has 0 amide bonds. The molecule has 0 heterocycles. The van der Waals surface area contributed by atoms with Crippen LogP contribution < -0.4 is 0 Å². The van der Waals surface area contributed by atoms with E-state index < -0.39 is 172 Å². The molecule has 0 radical (unpaired) electrons. The summed E-state index contributed by atoms with van der Waals surface area (Å²) in [4.78, 5) is 15.6. The number of hydrogen-bond donors (Lipinski definition) is 8. The summed E-state index contributed by atoms with van der Waals surface area (Å²) < 4.78 is 164. The number of azo groups is 3. The predicted octanol–water partition coefficient (Wildman–Crippen LogP) is 5.06. The minimum Gasteiger partial charge on any atom is -0.505 e. The molecule has 0 aliphatic rings. The van der Waals surface area contributed by atoms with Crippen LogP contribution in [0.4, 0.5) is 45.5 Å². The number of nitro groups is 2. The minimum absolute atomic E-state index is 0.293. The zero-order chi connectivity index (χ0) is 49.5. The van der Waals surface area contributed by atoms with Gasteiger partial charge in [0.05, 0.1) is 49.1 Å². The monoisotopic (exact) mass is 1020 g/mol. The number of nitrogens with zero attached hydrogens (tertiary/aromatic N) is 8. The third kappa shape index (κ3) is 11.1. The van der Waals surface area contributed by atoms with Gasteiger partial charge in [-0.25, -0.2) is 12.6 Å². The summed E-state index contributed by atoms with van der Waals surface area (Å²) in [6.45, 7) is -1.16. The smallest absolute Gasteiger partial charge is 0.397 e. The molecule has 0 aliphatic carbocycles. The second-order valence-electron chi connectivity index (χ2n) is 12.5. The maximum Gasteiger partial charge on any atom is 0.397 e. The van der Waals surface area contributed by atoms with Gasteiger partial charge in [0.25, 0.3) is 36.0 Å². The number of fused-ring (bicyclic) bond motifs is 1. The Hall–Kier alpha value is -7.29. The second-order valence-corrected chi connectivity index (χ2v) is 19.9. The lowest BCUT2D eigenvalue weighted by molar-refractivity contribution is -0.394. The van der Waals surface area contributed by atoms with Crippen molar-refractivity contribution in [2.75, 3.05) is 12.4 Å². The Balaban J connectivity index is 1.68. The van der Waals surface area contributed by atoms with Crippen molar-refractivity contribution in [1.29, 1.82) is 0 Å². The van der Waals surface area contributed by atoms with Gasteiger partial charge in [0.2, 0.25) is 5.75 Å². The number of aromatic hydroxyl groups is 4. The van der Waals surface area contributed by atoms with Crippen molar-refractivity contribution in [1.82, 2.24) is 0 Å². The molecule has 5 rings (SSSR count). The van der Waals surface area contributed by atoms with E-state index in [2.05, 4.69) is 34.9 Å². The van der Waals surface area contributed by atoms with E-state index in [0.717, 1.165) is 12.1 Å². The highest BCUT2D eigenvalue weighted by atomic mass is 32.3. The number of benzene rings is 5. The Kier molecular flexibility index (Phi) is 13.5. The van der Waals surface area contributed by atoms with Gasteiger partial charge in [0.1, 0.15) is 38.3 Å².